The Kier molecular flexibility index (Phi) is 6.17. The lowest BCUT2D eigenvalue weighted by Gasteiger charge is -2.08. The molecule has 1 saturated heterocycles. The molecule has 0 bridgehead atoms. The van der Waals surface area contributed by atoms with Crippen LogP contribution in [0.5, 0.6) is 5.75 Å². The maximum absolute atomic E-state index is 11.7. The molecule has 0 radical (unpaired) electrons. The third-order valence-corrected chi connectivity index (χ3v) is 3.84. The third-order valence-electron chi connectivity index (χ3n) is 3.84. The van der Waals surface area contributed by atoms with E-state index in [1.54, 1.807) is 12.3 Å². The molecule has 0 aliphatic carbocycles. The summed E-state index contributed by atoms with van der Waals surface area (Å²) in [5.74, 6) is 0.398. The highest BCUT2D eigenvalue weighted by Crippen LogP contribution is 2.15. The Labute approximate surface area is 147 Å². The molecule has 3 rings (SSSR count). The van der Waals surface area contributed by atoms with E-state index in [-0.39, 0.29) is 12.1 Å². The van der Waals surface area contributed by atoms with E-state index in [0.717, 1.165) is 36.5 Å². The minimum absolute atomic E-state index is 0.0490. The first kappa shape index (κ1) is 17.2. The van der Waals surface area contributed by atoms with E-state index >= 15 is 0 Å². The number of aromatic nitrogens is 1. The van der Waals surface area contributed by atoms with Gasteiger partial charge in [0.2, 0.25) is 0 Å². The van der Waals surface area contributed by atoms with Gasteiger partial charge in [0.05, 0.1) is 11.8 Å². The molecule has 25 heavy (non-hydrogen) atoms. The molecule has 1 atom stereocenters. The number of hydrogen-bond acceptors (Lipinski definition) is 5. The van der Waals surface area contributed by atoms with Crippen molar-refractivity contribution in [2.45, 2.75) is 25.6 Å². The lowest BCUT2D eigenvalue weighted by atomic mass is 10.2. The summed E-state index contributed by atoms with van der Waals surface area (Å²) >= 11 is 0. The van der Waals surface area contributed by atoms with Gasteiger partial charge in [0.1, 0.15) is 19.0 Å². The fourth-order valence-electron chi connectivity index (χ4n) is 2.48. The Morgan fingerprint density at radius 1 is 1.24 bits per heavy atom. The number of ether oxygens (including phenoxy) is 3. The van der Waals surface area contributed by atoms with E-state index in [1.165, 1.54) is 6.08 Å². The van der Waals surface area contributed by atoms with Gasteiger partial charge in [0.15, 0.2) is 0 Å². The Morgan fingerprint density at radius 3 is 2.84 bits per heavy atom. The molecule has 2 heterocycles. The first-order valence-corrected chi connectivity index (χ1v) is 8.39. The zero-order valence-corrected chi connectivity index (χ0v) is 14.0. The fourth-order valence-corrected chi connectivity index (χ4v) is 2.48. The number of carbonyl (C=O) groups is 1. The molecule has 130 valence electrons. The first-order valence-electron chi connectivity index (χ1n) is 8.39. The van der Waals surface area contributed by atoms with Gasteiger partial charge in [0.25, 0.3) is 0 Å². The largest absolute Gasteiger partial charge is 0.487 e. The van der Waals surface area contributed by atoms with E-state index in [2.05, 4.69) is 4.98 Å². The second-order valence-corrected chi connectivity index (χ2v) is 5.78. The van der Waals surface area contributed by atoms with Gasteiger partial charge in [0, 0.05) is 18.9 Å². The predicted molar refractivity (Wildman–Crippen MR) is 94.0 cm³/mol. The van der Waals surface area contributed by atoms with Crippen LogP contribution < -0.4 is 4.74 Å². The summed E-state index contributed by atoms with van der Waals surface area (Å²) < 4.78 is 16.3. The van der Waals surface area contributed by atoms with Crippen molar-refractivity contribution in [3.8, 4) is 5.75 Å². The minimum atomic E-state index is -0.356. The van der Waals surface area contributed by atoms with Crippen molar-refractivity contribution in [1.82, 2.24) is 4.98 Å². The SMILES string of the molecule is O=C(C=Cc1ccc(OCc2ccccn2)cc1)OCC1CCCO1. The molecule has 0 amide bonds. The Balaban J connectivity index is 1.44. The van der Waals surface area contributed by atoms with E-state index in [0.29, 0.717) is 13.2 Å². The number of esters is 1. The van der Waals surface area contributed by atoms with Crippen molar-refractivity contribution >= 4 is 12.0 Å². The van der Waals surface area contributed by atoms with E-state index in [4.69, 9.17) is 14.2 Å². The standard InChI is InChI=1S/C20H21NO4/c22-20(25-15-19-5-3-13-23-19)11-8-16-6-9-18(10-7-16)24-14-17-4-1-2-12-21-17/h1-2,4,6-12,19H,3,5,13-15H2. The van der Waals surface area contributed by atoms with Gasteiger partial charge in [-0.15, -0.1) is 0 Å². The second kappa shape index (κ2) is 8.99. The average molecular weight is 339 g/mol. The normalized spacial score (nSPS) is 16.9. The van der Waals surface area contributed by atoms with Crippen molar-refractivity contribution in [2.75, 3.05) is 13.2 Å². The van der Waals surface area contributed by atoms with Gasteiger partial charge in [-0.2, -0.15) is 0 Å². The van der Waals surface area contributed by atoms with Crippen LogP contribution in [0.4, 0.5) is 0 Å². The molecule has 5 heteroatoms. The zero-order chi connectivity index (χ0) is 17.3. The number of nitrogens with zero attached hydrogens (tertiary/aromatic N) is 1. The van der Waals surface area contributed by atoms with Crippen LogP contribution in [0.25, 0.3) is 6.08 Å². The summed E-state index contributed by atoms with van der Waals surface area (Å²) in [6.45, 7) is 1.50. The lowest BCUT2D eigenvalue weighted by molar-refractivity contribution is -0.140. The van der Waals surface area contributed by atoms with Crippen molar-refractivity contribution in [1.29, 1.82) is 0 Å². The summed E-state index contributed by atoms with van der Waals surface area (Å²) in [6.07, 6.45) is 6.93. The second-order valence-electron chi connectivity index (χ2n) is 5.78. The Morgan fingerprint density at radius 2 is 2.12 bits per heavy atom. The first-order chi connectivity index (χ1) is 12.3. The van der Waals surface area contributed by atoms with E-state index < -0.39 is 0 Å². The Bertz CT molecular complexity index is 691. The highest BCUT2D eigenvalue weighted by molar-refractivity contribution is 5.87. The molecule has 2 aromatic rings. The molecule has 1 fully saturated rings. The lowest BCUT2D eigenvalue weighted by Crippen LogP contribution is -2.16. The number of rotatable bonds is 7. The molecular weight excluding hydrogens is 318 g/mol. The molecular formula is C20H21NO4. The van der Waals surface area contributed by atoms with Crippen LogP contribution in [0.2, 0.25) is 0 Å². The van der Waals surface area contributed by atoms with Gasteiger partial charge in [-0.05, 0) is 48.7 Å². The quantitative estimate of drug-likeness (QED) is 0.572. The van der Waals surface area contributed by atoms with Gasteiger partial charge < -0.3 is 14.2 Å². The van der Waals surface area contributed by atoms with Crippen LogP contribution >= 0.6 is 0 Å². The van der Waals surface area contributed by atoms with Crippen LogP contribution in [0.1, 0.15) is 24.1 Å². The molecule has 1 aliphatic heterocycles. The van der Waals surface area contributed by atoms with E-state index in [9.17, 15) is 4.79 Å². The summed E-state index contributed by atoms with van der Waals surface area (Å²) in [5.41, 5.74) is 1.78. The zero-order valence-electron chi connectivity index (χ0n) is 14.0. The molecule has 5 nitrogen and oxygen atoms in total. The summed E-state index contributed by atoms with van der Waals surface area (Å²) in [6, 6.07) is 13.2. The predicted octanol–water partition coefficient (Wildman–Crippen LogP) is 3.40. The van der Waals surface area contributed by atoms with Gasteiger partial charge in [-0.1, -0.05) is 18.2 Å². The van der Waals surface area contributed by atoms with Gasteiger partial charge in [-0.3, -0.25) is 4.98 Å². The number of pyridine rings is 1. The topological polar surface area (TPSA) is 57.7 Å². The highest BCUT2D eigenvalue weighted by Gasteiger charge is 2.16. The van der Waals surface area contributed by atoms with Crippen molar-refractivity contribution in [3.63, 3.8) is 0 Å². The van der Waals surface area contributed by atoms with Crippen molar-refractivity contribution in [2.24, 2.45) is 0 Å². The van der Waals surface area contributed by atoms with Crippen LogP contribution in [0.3, 0.4) is 0 Å². The van der Waals surface area contributed by atoms with Crippen LogP contribution in [0, 0.1) is 0 Å². The van der Waals surface area contributed by atoms with E-state index in [1.807, 2.05) is 42.5 Å². The van der Waals surface area contributed by atoms with Crippen LogP contribution in [-0.2, 0) is 20.9 Å². The maximum Gasteiger partial charge on any atom is 0.330 e. The van der Waals surface area contributed by atoms with Crippen LogP contribution in [0.15, 0.2) is 54.7 Å². The summed E-state index contributed by atoms with van der Waals surface area (Å²) in [4.78, 5) is 15.9. The van der Waals surface area contributed by atoms with Crippen molar-refractivity contribution < 1.29 is 19.0 Å². The van der Waals surface area contributed by atoms with Gasteiger partial charge >= 0.3 is 5.97 Å². The van der Waals surface area contributed by atoms with Crippen LogP contribution in [-0.4, -0.2) is 30.3 Å². The number of benzene rings is 1. The summed E-state index contributed by atoms with van der Waals surface area (Å²) in [7, 11) is 0. The average Bonchev–Trinajstić information content (AvgIpc) is 3.18. The van der Waals surface area contributed by atoms with Gasteiger partial charge in [-0.25, -0.2) is 4.79 Å². The number of hydrogen-bond donors (Lipinski definition) is 0. The molecule has 0 spiro atoms. The maximum atomic E-state index is 11.7. The summed E-state index contributed by atoms with van der Waals surface area (Å²) in [5, 5.41) is 0. The molecule has 0 saturated carbocycles. The molecule has 0 N–H and O–H groups in total. The monoisotopic (exact) mass is 339 g/mol. The molecule has 1 aromatic heterocycles. The molecule has 1 unspecified atom stereocenters. The third kappa shape index (κ3) is 5.72. The minimum Gasteiger partial charge on any atom is -0.487 e. The number of carbonyl (C=O) groups excluding carboxylic acids is 1. The van der Waals surface area contributed by atoms with Crippen molar-refractivity contribution in [3.05, 3.63) is 66.0 Å². The molecule has 1 aliphatic rings. The highest BCUT2D eigenvalue weighted by atomic mass is 16.6. The molecule has 1 aromatic carbocycles. The smallest absolute Gasteiger partial charge is 0.330 e. The fraction of sp³-hybridized carbons (Fsp3) is 0.300. The Hall–Kier alpha value is -2.66.